The fourth-order valence-electron chi connectivity index (χ4n) is 2.57. The normalized spacial score (nSPS) is 20.9. The molecule has 1 fully saturated rings. The first-order valence-electron chi connectivity index (χ1n) is 7.33. The quantitative estimate of drug-likeness (QED) is 0.849. The van der Waals surface area contributed by atoms with E-state index in [4.69, 9.17) is 4.42 Å². The Morgan fingerprint density at radius 3 is 2.65 bits per heavy atom. The van der Waals surface area contributed by atoms with Gasteiger partial charge in [-0.15, -0.1) is 0 Å². The van der Waals surface area contributed by atoms with E-state index in [-0.39, 0.29) is 5.76 Å². The monoisotopic (exact) mass is 315 g/mol. The third kappa shape index (κ3) is 2.25. The van der Waals surface area contributed by atoms with Crippen LogP contribution in [0.1, 0.15) is 36.4 Å². The van der Waals surface area contributed by atoms with E-state index in [0.717, 1.165) is 5.39 Å². The SMILES string of the molecule is CCC1(C)NC(=O)N(NC(=O)c2oc3ccccc3c2C)C1=O. The number of amides is 4. The summed E-state index contributed by atoms with van der Waals surface area (Å²) in [6, 6.07) is 6.59. The van der Waals surface area contributed by atoms with Crippen LogP contribution in [0.3, 0.4) is 0 Å². The number of rotatable bonds is 3. The van der Waals surface area contributed by atoms with Crippen molar-refractivity contribution in [2.24, 2.45) is 0 Å². The minimum absolute atomic E-state index is 0.0805. The zero-order valence-electron chi connectivity index (χ0n) is 13.1. The zero-order chi connectivity index (χ0) is 16.8. The van der Waals surface area contributed by atoms with Gasteiger partial charge in [-0.3, -0.25) is 9.59 Å². The maximum atomic E-state index is 12.4. The number of carbonyl (C=O) groups is 3. The smallest absolute Gasteiger partial charge is 0.344 e. The number of hydrogen-bond donors (Lipinski definition) is 2. The first-order chi connectivity index (χ1) is 10.9. The summed E-state index contributed by atoms with van der Waals surface area (Å²) in [6.07, 6.45) is 0.424. The molecule has 2 heterocycles. The van der Waals surface area contributed by atoms with Gasteiger partial charge in [0.15, 0.2) is 5.76 Å². The highest BCUT2D eigenvalue weighted by molar-refractivity contribution is 6.09. The number of para-hydroxylation sites is 1. The van der Waals surface area contributed by atoms with Gasteiger partial charge in [0.25, 0.3) is 5.91 Å². The molecule has 120 valence electrons. The predicted molar refractivity (Wildman–Crippen MR) is 82.5 cm³/mol. The summed E-state index contributed by atoms with van der Waals surface area (Å²) in [5.74, 6) is -1.05. The molecular formula is C16H17N3O4. The van der Waals surface area contributed by atoms with Crippen molar-refractivity contribution in [2.45, 2.75) is 32.7 Å². The van der Waals surface area contributed by atoms with E-state index < -0.39 is 23.4 Å². The number of aryl methyl sites for hydroxylation is 1. The van der Waals surface area contributed by atoms with Crippen molar-refractivity contribution in [2.75, 3.05) is 0 Å². The number of fused-ring (bicyclic) bond motifs is 1. The Kier molecular flexibility index (Phi) is 3.35. The number of nitrogens with one attached hydrogen (secondary N) is 2. The Labute approximate surface area is 132 Å². The van der Waals surface area contributed by atoms with Crippen molar-refractivity contribution in [3.63, 3.8) is 0 Å². The standard InChI is InChI=1S/C16H17N3O4/c1-4-16(3)14(21)19(15(22)17-16)18-13(20)12-9(2)10-7-5-6-8-11(10)23-12/h5-8H,4H2,1-3H3,(H,17,22)(H,18,20). The molecule has 0 radical (unpaired) electrons. The molecule has 1 atom stereocenters. The van der Waals surface area contributed by atoms with Crippen LogP contribution in [0.5, 0.6) is 0 Å². The first-order valence-corrected chi connectivity index (χ1v) is 7.33. The lowest BCUT2D eigenvalue weighted by molar-refractivity contribution is -0.132. The van der Waals surface area contributed by atoms with Crippen molar-refractivity contribution >= 4 is 28.8 Å². The lowest BCUT2D eigenvalue weighted by Crippen LogP contribution is -2.48. The molecule has 1 saturated heterocycles. The molecule has 1 aliphatic rings. The van der Waals surface area contributed by atoms with E-state index in [0.29, 0.717) is 22.6 Å². The van der Waals surface area contributed by atoms with E-state index >= 15 is 0 Å². The maximum absolute atomic E-state index is 12.4. The summed E-state index contributed by atoms with van der Waals surface area (Å²) >= 11 is 0. The molecule has 7 heteroatoms. The molecule has 1 unspecified atom stereocenters. The highest BCUT2D eigenvalue weighted by Crippen LogP contribution is 2.25. The van der Waals surface area contributed by atoms with Crippen LogP contribution in [0.2, 0.25) is 0 Å². The van der Waals surface area contributed by atoms with E-state index in [1.54, 1.807) is 32.9 Å². The van der Waals surface area contributed by atoms with Crippen LogP contribution in [0.4, 0.5) is 4.79 Å². The van der Waals surface area contributed by atoms with Crippen LogP contribution < -0.4 is 10.7 Å². The second-order valence-corrected chi connectivity index (χ2v) is 5.75. The van der Waals surface area contributed by atoms with E-state index in [2.05, 4.69) is 10.7 Å². The Balaban J connectivity index is 1.88. The van der Waals surface area contributed by atoms with E-state index in [1.165, 1.54) is 0 Å². The summed E-state index contributed by atoms with van der Waals surface area (Å²) < 4.78 is 5.54. The molecule has 3 rings (SSSR count). The topological polar surface area (TPSA) is 91.7 Å². The number of furan rings is 1. The molecule has 0 spiro atoms. The number of imide groups is 1. The molecule has 7 nitrogen and oxygen atoms in total. The van der Waals surface area contributed by atoms with Crippen molar-refractivity contribution in [3.05, 3.63) is 35.6 Å². The van der Waals surface area contributed by atoms with Crippen molar-refractivity contribution in [1.82, 2.24) is 15.8 Å². The molecule has 2 aromatic rings. The number of hydrazine groups is 1. The molecule has 1 aromatic heterocycles. The molecule has 1 aliphatic heterocycles. The number of urea groups is 1. The van der Waals surface area contributed by atoms with Crippen LogP contribution in [-0.2, 0) is 4.79 Å². The largest absolute Gasteiger partial charge is 0.451 e. The number of carbonyl (C=O) groups excluding carboxylic acids is 3. The lowest BCUT2D eigenvalue weighted by Gasteiger charge is -2.19. The van der Waals surface area contributed by atoms with Crippen LogP contribution in [0, 0.1) is 6.92 Å². The van der Waals surface area contributed by atoms with E-state index in [9.17, 15) is 14.4 Å². The molecule has 4 amide bonds. The van der Waals surface area contributed by atoms with Gasteiger partial charge in [-0.25, -0.2) is 10.2 Å². The predicted octanol–water partition coefficient (Wildman–Crippen LogP) is 2.11. The van der Waals surface area contributed by atoms with Crippen LogP contribution in [0.25, 0.3) is 11.0 Å². The third-order valence-corrected chi connectivity index (χ3v) is 4.23. The minimum atomic E-state index is -1.01. The Morgan fingerprint density at radius 2 is 2.04 bits per heavy atom. The number of benzene rings is 1. The van der Waals surface area contributed by atoms with Crippen molar-refractivity contribution < 1.29 is 18.8 Å². The van der Waals surface area contributed by atoms with Gasteiger partial charge >= 0.3 is 11.9 Å². The fourth-order valence-corrected chi connectivity index (χ4v) is 2.57. The summed E-state index contributed by atoms with van der Waals surface area (Å²) in [7, 11) is 0. The molecule has 0 aliphatic carbocycles. The Bertz CT molecular complexity index is 826. The molecule has 1 aromatic carbocycles. The summed E-state index contributed by atoms with van der Waals surface area (Å²) in [4.78, 5) is 36.6. The van der Waals surface area contributed by atoms with Crippen LogP contribution in [-0.4, -0.2) is 28.4 Å². The summed E-state index contributed by atoms with van der Waals surface area (Å²) in [5, 5.41) is 4.09. The molecule has 0 saturated carbocycles. The molecule has 0 bridgehead atoms. The van der Waals surface area contributed by atoms with E-state index in [1.807, 2.05) is 12.1 Å². The maximum Gasteiger partial charge on any atom is 0.344 e. The first kappa shape index (κ1) is 15.1. The summed E-state index contributed by atoms with van der Waals surface area (Å²) in [5.41, 5.74) is 2.55. The highest BCUT2D eigenvalue weighted by atomic mass is 16.3. The second kappa shape index (κ2) is 5.12. The minimum Gasteiger partial charge on any atom is -0.451 e. The third-order valence-electron chi connectivity index (χ3n) is 4.23. The van der Waals surface area contributed by atoms with Gasteiger partial charge in [-0.1, -0.05) is 25.1 Å². The number of nitrogens with zero attached hydrogens (tertiary/aromatic N) is 1. The number of hydrogen-bond acceptors (Lipinski definition) is 4. The van der Waals surface area contributed by atoms with Gasteiger partial charge in [0, 0.05) is 10.9 Å². The highest BCUT2D eigenvalue weighted by Gasteiger charge is 2.47. The van der Waals surface area contributed by atoms with Gasteiger partial charge in [-0.05, 0) is 26.3 Å². The average molecular weight is 315 g/mol. The average Bonchev–Trinajstić information content (AvgIpc) is 2.98. The van der Waals surface area contributed by atoms with Gasteiger partial charge in [0.05, 0.1) is 0 Å². The van der Waals surface area contributed by atoms with Crippen LogP contribution >= 0.6 is 0 Å². The zero-order valence-corrected chi connectivity index (χ0v) is 13.1. The second-order valence-electron chi connectivity index (χ2n) is 5.75. The van der Waals surface area contributed by atoms with Gasteiger partial charge < -0.3 is 9.73 Å². The fraction of sp³-hybridized carbons (Fsp3) is 0.312. The summed E-state index contributed by atoms with van der Waals surface area (Å²) in [6.45, 7) is 5.15. The molecule has 23 heavy (non-hydrogen) atoms. The van der Waals surface area contributed by atoms with Crippen LogP contribution in [0.15, 0.2) is 28.7 Å². The molecule has 2 N–H and O–H groups in total. The lowest BCUT2D eigenvalue weighted by atomic mass is 10.00. The Morgan fingerprint density at radius 1 is 1.35 bits per heavy atom. The van der Waals surface area contributed by atoms with Gasteiger partial charge in [0.2, 0.25) is 0 Å². The van der Waals surface area contributed by atoms with Crippen molar-refractivity contribution in [1.29, 1.82) is 0 Å². The Hall–Kier alpha value is -2.83. The van der Waals surface area contributed by atoms with Crippen molar-refractivity contribution in [3.8, 4) is 0 Å². The van der Waals surface area contributed by atoms with Gasteiger partial charge in [0.1, 0.15) is 11.1 Å². The van der Waals surface area contributed by atoms with Gasteiger partial charge in [-0.2, -0.15) is 5.01 Å². The molecular weight excluding hydrogens is 298 g/mol.